The Kier molecular flexibility index (Phi) is 2.21. The molecule has 0 unspecified atom stereocenters. The van der Waals surface area contributed by atoms with Crippen molar-refractivity contribution in [2.24, 2.45) is 7.05 Å². The van der Waals surface area contributed by atoms with Crippen LogP contribution in [0.3, 0.4) is 0 Å². The highest BCUT2D eigenvalue weighted by Crippen LogP contribution is 1.96. The van der Waals surface area contributed by atoms with Gasteiger partial charge in [0, 0.05) is 19.4 Å². The number of aryl methyl sites for hydroxylation is 1. The van der Waals surface area contributed by atoms with Crippen LogP contribution in [0, 0.1) is 0 Å². The number of ketones is 1. The van der Waals surface area contributed by atoms with Crippen molar-refractivity contribution < 1.29 is 4.79 Å². The zero-order valence-electron chi connectivity index (χ0n) is 6.61. The Hall–Kier alpha value is -1.38. The SMILES string of the molecule is CC(=O)/C=C/c1nccn1C. The van der Waals surface area contributed by atoms with Crippen molar-refractivity contribution in [3.05, 3.63) is 24.3 Å². The fourth-order valence-electron chi connectivity index (χ4n) is 0.730. The molecule has 1 aromatic heterocycles. The molecular weight excluding hydrogens is 140 g/mol. The van der Waals surface area contributed by atoms with Crippen molar-refractivity contribution >= 4 is 11.9 Å². The minimum Gasteiger partial charge on any atom is -0.335 e. The smallest absolute Gasteiger partial charge is 0.152 e. The quantitative estimate of drug-likeness (QED) is 0.590. The molecule has 58 valence electrons. The molecule has 0 atom stereocenters. The highest BCUT2D eigenvalue weighted by molar-refractivity contribution is 5.91. The lowest BCUT2D eigenvalue weighted by molar-refractivity contribution is -0.112. The molecule has 0 saturated carbocycles. The van der Waals surface area contributed by atoms with Crippen molar-refractivity contribution in [1.82, 2.24) is 9.55 Å². The minimum absolute atomic E-state index is 0.0352. The summed E-state index contributed by atoms with van der Waals surface area (Å²) < 4.78 is 1.85. The predicted octanol–water partition coefficient (Wildman–Crippen LogP) is 1.02. The number of aromatic nitrogens is 2. The Morgan fingerprint density at radius 3 is 2.91 bits per heavy atom. The van der Waals surface area contributed by atoms with Gasteiger partial charge in [-0.05, 0) is 19.1 Å². The Bertz CT molecular complexity index is 286. The summed E-state index contributed by atoms with van der Waals surface area (Å²) in [6.45, 7) is 1.51. The number of hydrogen-bond donors (Lipinski definition) is 0. The van der Waals surface area contributed by atoms with E-state index in [0.717, 1.165) is 5.82 Å². The molecule has 0 aliphatic carbocycles. The summed E-state index contributed by atoms with van der Waals surface area (Å²) in [4.78, 5) is 14.5. The molecule has 0 saturated heterocycles. The van der Waals surface area contributed by atoms with Crippen LogP contribution in [0.4, 0.5) is 0 Å². The second kappa shape index (κ2) is 3.14. The largest absolute Gasteiger partial charge is 0.335 e. The summed E-state index contributed by atoms with van der Waals surface area (Å²) in [6.07, 6.45) is 6.73. The average molecular weight is 150 g/mol. The van der Waals surface area contributed by atoms with E-state index >= 15 is 0 Å². The van der Waals surface area contributed by atoms with Gasteiger partial charge in [-0.25, -0.2) is 4.98 Å². The van der Waals surface area contributed by atoms with Crippen LogP contribution in [-0.4, -0.2) is 15.3 Å². The summed E-state index contributed by atoms with van der Waals surface area (Å²) in [7, 11) is 1.88. The molecule has 11 heavy (non-hydrogen) atoms. The van der Waals surface area contributed by atoms with Gasteiger partial charge in [-0.15, -0.1) is 0 Å². The maximum atomic E-state index is 10.5. The first-order valence-corrected chi connectivity index (χ1v) is 3.36. The van der Waals surface area contributed by atoms with Gasteiger partial charge >= 0.3 is 0 Å². The Morgan fingerprint density at radius 1 is 1.73 bits per heavy atom. The van der Waals surface area contributed by atoms with Crippen LogP contribution in [0.5, 0.6) is 0 Å². The summed E-state index contributed by atoms with van der Waals surface area (Å²) in [5.74, 6) is 0.827. The molecule has 0 aromatic carbocycles. The molecular formula is C8H10N2O. The molecule has 0 aliphatic heterocycles. The predicted molar refractivity (Wildman–Crippen MR) is 42.9 cm³/mol. The van der Waals surface area contributed by atoms with Crippen LogP contribution >= 0.6 is 0 Å². The van der Waals surface area contributed by atoms with Gasteiger partial charge in [0.05, 0.1) is 0 Å². The highest BCUT2D eigenvalue weighted by Gasteiger charge is 1.91. The molecule has 0 spiro atoms. The number of hydrogen-bond acceptors (Lipinski definition) is 2. The first-order chi connectivity index (χ1) is 5.20. The molecule has 0 N–H and O–H groups in total. The van der Waals surface area contributed by atoms with Gasteiger partial charge in [0.15, 0.2) is 5.78 Å². The number of rotatable bonds is 2. The van der Waals surface area contributed by atoms with E-state index in [0.29, 0.717) is 0 Å². The van der Waals surface area contributed by atoms with E-state index in [4.69, 9.17) is 0 Å². The monoisotopic (exact) mass is 150 g/mol. The molecule has 1 aromatic rings. The van der Waals surface area contributed by atoms with Crippen LogP contribution < -0.4 is 0 Å². The fraction of sp³-hybridized carbons (Fsp3) is 0.250. The van der Waals surface area contributed by atoms with Crippen molar-refractivity contribution in [2.45, 2.75) is 6.92 Å². The van der Waals surface area contributed by atoms with Crippen molar-refractivity contribution in [1.29, 1.82) is 0 Å². The third-order valence-corrected chi connectivity index (χ3v) is 1.33. The number of carbonyl (C=O) groups excluding carboxylic acids is 1. The molecule has 0 bridgehead atoms. The first kappa shape index (κ1) is 7.72. The molecule has 3 heteroatoms. The first-order valence-electron chi connectivity index (χ1n) is 3.36. The maximum Gasteiger partial charge on any atom is 0.152 e. The third kappa shape index (κ3) is 2.04. The fourth-order valence-corrected chi connectivity index (χ4v) is 0.730. The van der Waals surface area contributed by atoms with Crippen LogP contribution in [0.2, 0.25) is 0 Å². The maximum absolute atomic E-state index is 10.5. The van der Waals surface area contributed by atoms with E-state index < -0.39 is 0 Å². The lowest BCUT2D eigenvalue weighted by Crippen LogP contribution is -1.90. The number of nitrogens with zero attached hydrogens (tertiary/aromatic N) is 2. The van der Waals surface area contributed by atoms with Gasteiger partial charge in [0.25, 0.3) is 0 Å². The third-order valence-electron chi connectivity index (χ3n) is 1.33. The van der Waals surface area contributed by atoms with E-state index in [9.17, 15) is 4.79 Å². The van der Waals surface area contributed by atoms with Gasteiger partial charge in [0.1, 0.15) is 5.82 Å². The second-order valence-electron chi connectivity index (χ2n) is 2.34. The van der Waals surface area contributed by atoms with E-state index in [2.05, 4.69) is 4.98 Å². The molecule has 3 nitrogen and oxygen atoms in total. The Labute approximate surface area is 65.4 Å². The van der Waals surface area contributed by atoms with Crippen LogP contribution in [0.15, 0.2) is 18.5 Å². The second-order valence-corrected chi connectivity index (χ2v) is 2.34. The Balaban J connectivity index is 2.79. The summed E-state index contributed by atoms with van der Waals surface area (Å²) >= 11 is 0. The van der Waals surface area contributed by atoms with Crippen LogP contribution in [0.1, 0.15) is 12.7 Å². The normalized spacial score (nSPS) is 10.7. The van der Waals surface area contributed by atoms with E-state index in [1.54, 1.807) is 12.3 Å². The van der Waals surface area contributed by atoms with E-state index in [-0.39, 0.29) is 5.78 Å². The van der Waals surface area contributed by atoms with Crippen molar-refractivity contribution in [3.63, 3.8) is 0 Å². The molecule has 0 radical (unpaired) electrons. The van der Waals surface area contributed by atoms with Crippen molar-refractivity contribution in [3.8, 4) is 0 Å². The molecule has 1 rings (SSSR count). The van der Waals surface area contributed by atoms with Gasteiger partial charge in [-0.1, -0.05) is 0 Å². The summed E-state index contributed by atoms with van der Waals surface area (Å²) in [6, 6.07) is 0. The van der Waals surface area contributed by atoms with Gasteiger partial charge in [-0.2, -0.15) is 0 Å². The zero-order chi connectivity index (χ0) is 8.27. The Morgan fingerprint density at radius 2 is 2.45 bits per heavy atom. The number of carbonyl (C=O) groups is 1. The minimum atomic E-state index is 0.0352. The molecule has 0 aliphatic rings. The average Bonchev–Trinajstić information content (AvgIpc) is 2.31. The van der Waals surface area contributed by atoms with E-state index in [1.807, 2.05) is 17.8 Å². The van der Waals surface area contributed by atoms with Crippen molar-refractivity contribution in [2.75, 3.05) is 0 Å². The summed E-state index contributed by atoms with van der Waals surface area (Å²) in [5, 5.41) is 0. The standard InChI is InChI=1S/C8H10N2O/c1-7(11)3-4-8-9-5-6-10(8)2/h3-6H,1-2H3/b4-3+. The number of allylic oxidation sites excluding steroid dienone is 1. The number of imidazole rings is 1. The van der Waals surface area contributed by atoms with Gasteiger partial charge < -0.3 is 4.57 Å². The van der Waals surface area contributed by atoms with Crippen LogP contribution in [0.25, 0.3) is 6.08 Å². The lowest BCUT2D eigenvalue weighted by Gasteiger charge is -1.91. The highest BCUT2D eigenvalue weighted by atomic mass is 16.1. The molecule has 0 amide bonds. The summed E-state index contributed by atoms with van der Waals surface area (Å²) in [5.41, 5.74) is 0. The van der Waals surface area contributed by atoms with Gasteiger partial charge in [0.2, 0.25) is 0 Å². The van der Waals surface area contributed by atoms with E-state index in [1.165, 1.54) is 13.0 Å². The zero-order valence-corrected chi connectivity index (χ0v) is 6.61. The lowest BCUT2D eigenvalue weighted by atomic mass is 10.4. The topological polar surface area (TPSA) is 34.9 Å². The molecule has 1 heterocycles. The van der Waals surface area contributed by atoms with Crippen LogP contribution in [-0.2, 0) is 11.8 Å². The van der Waals surface area contributed by atoms with Gasteiger partial charge in [-0.3, -0.25) is 4.79 Å². The molecule has 0 fully saturated rings.